The van der Waals surface area contributed by atoms with E-state index in [-0.39, 0.29) is 0 Å². The van der Waals surface area contributed by atoms with E-state index >= 15 is 0 Å². The second kappa shape index (κ2) is 3.17. The van der Waals surface area contributed by atoms with Gasteiger partial charge in [-0.3, -0.25) is 4.79 Å². The number of hydrogen-bond donors (Lipinski definition) is 0. The van der Waals surface area contributed by atoms with Crippen molar-refractivity contribution in [1.29, 1.82) is 0 Å². The molecule has 2 nitrogen and oxygen atoms in total. The number of amides is 1. The van der Waals surface area contributed by atoms with Gasteiger partial charge in [-0.05, 0) is 39.5 Å². The summed E-state index contributed by atoms with van der Waals surface area (Å²) in [6.07, 6.45) is 4.70. The van der Waals surface area contributed by atoms with Gasteiger partial charge >= 0.3 is 0 Å². The molecular weight excluding hydrogens is 162 g/mol. The standard InChI is InChI=1S/C11H17NO/c1-8(2)10-7-9-5-3-4-6-12(9)11(10)13/h9H,3-7H2,1-2H3. The number of hydrogen-bond acceptors (Lipinski definition) is 1. The largest absolute Gasteiger partial charge is 0.336 e. The molecule has 0 spiro atoms. The molecule has 1 unspecified atom stereocenters. The quantitative estimate of drug-likeness (QED) is 0.521. The van der Waals surface area contributed by atoms with E-state index in [2.05, 4.69) is 4.90 Å². The summed E-state index contributed by atoms with van der Waals surface area (Å²) in [7, 11) is 0. The van der Waals surface area contributed by atoms with Gasteiger partial charge in [0.05, 0.1) is 0 Å². The van der Waals surface area contributed by atoms with E-state index in [1.165, 1.54) is 24.8 Å². The molecule has 2 saturated heterocycles. The molecule has 2 heterocycles. The van der Waals surface area contributed by atoms with Crippen molar-refractivity contribution in [3.8, 4) is 0 Å². The average Bonchev–Trinajstić information content (AvgIpc) is 2.45. The molecule has 0 saturated carbocycles. The van der Waals surface area contributed by atoms with E-state index in [0.29, 0.717) is 11.9 Å². The zero-order valence-electron chi connectivity index (χ0n) is 8.47. The highest BCUT2D eigenvalue weighted by Crippen LogP contribution is 2.32. The molecule has 0 bridgehead atoms. The highest BCUT2D eigenvalue weighted by atomic mass is 16.2. The second-order valence-corrected chi connectivity index (χ2v) is 4.33. The summed E-state index contributed by atoms with van der Waals surface area (Å²) >= 11 is 0. The van der Waals surface area contributed by atoms with Crippen LogP contribution in [0.3, 0.4) is 0 Å². The van der Waals surface area contributed by atoms with Crippen molar-refractivity contribution in [2.45, 2.75) is 45.6 Å². The minimum absolute atomic E-state index is 0.310. The van der Waals surface area contributed by atoms with Gasteiger partial charge in [0.25, 0.3) is 0 Å². The van der Waals surface area contributed by atoms with Crippen LogP contribution >= 0.6 is 0 Å². The number of carbonyl (C=O) groups is 1. The molecule has 2 heteroatoms. The molecule has 13 heavy (non-hydrogen) atoms. The lowest BCUT2D eigenvalue weighted by atomic mass is 10.0. The van der Waals surface area contributed by atoms with Crippen molar-refractivity contribution >= 4 is 5.91 Å². The fraction of sp³-hybridized carbons (Fsp3) is 0.727. The van der Waals surface area contributed by atoms with Crippen LogP contribution in [0.4, 0.5) is 0 Å². The lowest BCUT2D eigenvalue weighted by molar-refractivity contribution is -0.127. The molecule has 72 valence electrons. The Morgan fingerprint density at radius 1 is 1.38 bits per heavy atom. The number of allylic oxidation sites excluding steroid dienone is 1. The summed E-state index contributed by atoms with van der Waals surface area (Å²) in [6, 6.07) is 0.533. The van der Waals surface area contributed by atoms with Crippen molar-refractivity contribution in [3.05, 3.63) is 11.1 Å². The van der Waals surface area contributed by atoms with Crippen molar-refractivity contribution in [2.24, 2.45) is 0 Å². The summed E-state index contributed by atoms with van der Waals surface area (Å²) in [6.45, 7) is 5.08. The fourth-order valence-electron chi connectivity index (χ4n) is 2.39. The first kappa shape index (κ1) is 8.79. The Hall–Kier alpha value is -0.790. The van der Waals surface area contributed by atoms with Crippen molar-refractivity contribution in [3.63, 3.8) is 0 Å². The zero-order chi connectivity index (χ0) is 9.42. The lowest BCUT2D eigenvalue weighted by Gasteiger charge is -2.28. The Labute approximate surface area is 79.6 Å². The van der Waals surface area contributed by atoms with Crippen LogP contribution in [-0.2, 0) is 4.79 Å². The molecule has 1 atom stereocenters. The first-order valence-electron chi connectivity index (χ1n) is 5.17. The molecule has 1 amide bonds. The number of rotatable bonds is 0. The van der Waals surface area contributed by atoms with Crippen LogP contribution in [0.15, 0.2) is 11.1 Å². The Morgan fingerprint density at radius 3 is 2.77 bits per heavy atom. The van der Waals surface area contributed by atoms with Crippen LogP contribution in [-0.4, -0.2) is 23.4 Å². The minimum Gasteiger partial charge on any atom is -0.336 e. The van der Waals surface area contributed by atoms with Gasteiger partial charge in [0, 0.05) is 18.2 Å². The van der Waals surface area contributed by atoms with Crippen LogP contribution in [0.2, 0.25) is 0 Å². The van der Waals surface area contributed by atoms with E-state index in [0.717, 1.165) is 18.5 Å². The molecule has 0 N–H and O–H groups in total. The number of carbonyl (C=O) groups excluding carboxylic acids is 1. The predicted octanol–water partition coefficient (Wildman–Crippen LogP) is 2.11. The van der Waals surface area contributed by atoms with Crippen LogP contribution < -0.4 is 0 Å². The first-order valence-corrected chi connectivity index (χ1v) is 5.17. The summed E-state index contributed by atoms with van der Waals surface area (Å²) in [5.41, 5.74) is 2.28. The monoisotopic (exact) mass is 179 g/mol. The molecule has 0 aromatic heterocycles. The van der Waals surface area contributed by atoms with Crippen LogP contribution in [0.1, 0.15) is 39.5 Å². The smallest absolute Gasteiger partial charge is 0.250 e. The Balaban J connectivity index is 2.24. The number of piperidine rings is 1. The maximum atomic E-state index is 11.8. The van der Waals surface area contributed by atoms with Gasteiger partial charge in [-0.2, -0.15) is 0 Å². The first-order chi connectivity index (χ1) is 6.20. The normalized spacial score (nSPS) is 27.8. The maximum Gasteiger partial charge on any atom is 0.250 e. The predicted molar refractivity (Wildman–Crippen MR) is 52.3 cm³/mol. The number of nitrogens with zero attached hydrogens (tertiary/aromatic N) is 1. The summed E-state index contributed by atoms with van der Waals surface area (Å²) in [5, 5.41) is 0. The lowest BCUT2D eigenvalue weighted by Crippen LogP contribution is -2.37. The molecule has 0 radical (unpaired) electrons. The van der Waals surface area contributed by atoms with E-state index in [4.69, 9.17) is 0 Å². The average molecular weight is 179 g/mol. The summed E-state index contributed by atoms with van der Waals surface area (Å²) in [5.74, 6) is 0.310. The van der Waals surface area contributed by atoms with E-state index in [1.54, 1.807) is 0 Å². The van der Waals surface area contributed by atoms with Gasteiger partial charge in [0.15, 0.2) is 0 Å². The van der Waals surface area contributed by atoms with Crippen molar-refractivity contribution in [2.75, 3.05) is 6.54 Å². The fourth-order valence-corrected chi connectivity index (χ4v) is 2.39. The molecular formula is C11H17NO. The molecule has 2 aliphatic heterocycles. The zero-order valence-corrected chi connectivity index (χ0v) is 8.47. The summed E-state index contributed by atoms with van der Waals surface area (Å²) in [4.78, 5) is 13.9. The van der Waals surface area contributed by atoms with Crippen LogP contribution in [0.25, 0.3) is 0 Å². The van der Waals surface area contributed by atoms with Crippen molar-refractivity contribution < 1.29 is 4.79 Å². The van der Waals surface area contributed by atoms with Crippen LogP contribution in [0.5, 0.6) is 0 Å². The summed E-state index contributed by atoms with van der Waals surface area (Å²) < 4.78 is 0. The van der Waals surface area contributed by atoms with Gasteiger partial charge in [0.2, 0.25) is 5.91 Å². The molecule has 0 aliphatic carbocycles. The Morgan fingerprint density at radius 2 is 2.15 bits per heavy atom. The van der Waals surface area contributed by atoms with E-state index < -0.39 is 0 Å². The third-order valence-electron chi connectivity index (χ3n) is 3.19. The van der Waals surface area contributed by atoms with Gasteiger partial charge in [-0.15, -0.1) is 0 Å². The van der Waals surface area contributed by atoms with E-state index in [9.17, 15) is 4.79 Å². The second-order valence-electron chi connectivity index (χ2n) is 4.33. The van der Waals surface area contributed by atoms with Gasteiger partial charge < -0.3 is 4.90 Å². The molecule has 0 aromatic carbocycles. The van der Waals surface area contributed by atoms with E-state index in [1.807, 2.05) is 13.8 Å². The Kier molecular flexibility index (Phi) is 2.14. The molecule has 2 rings (SSSR count). The van der Waals surface area contributed by atoms with Gasteiger partial charge in [-0.25, -0.2) is 0 Å². The number of fused-ring (bicyclic) bond motifs is 1. The highest BCUT2D eigenvalue weighted by Gasteiger charge is 2.36. The van der Waals surface area contributed by atoms with Crippen LogP contribution in [0, 0.1) is 0 Å². The van der Waals surface area contributed by atoms with Gasteiger partial charge in [0.1, 0.15) is 0 Å². The van der Waals surface area contributed by atoms with Gasteiger partial charge in [-0.1, -0.05) is 5.57 Å². The molecule has 2 fully saturated rings. The molecule has 2 aliphatic rings. The highest BCUT2D eigenvalue weighted by molar-refractivity contribution is 5.96. The third-order valence-corrected chi connectivity index (χ3v) is 3.19. The van der Waals surface area contributed by atoms with Crippen molar-refractivity contribution in [1.82, 2.24) is 4.90 Å². The topological polar surface area (TPSA) is 20.3 Å². The SMILES string of the molecule is CC(C)=C1CC2CCCCN2C1=O. The maximum absolute atomic E-state index is 11.8. The molecule has 0 aromatic rings. The Bertz CT molecular complexity index is 263. The minimum atomic E-state index is 0.310. The third kappa shape index (κ3) is 1.38.